The average Bonchev–Trinajstić information content (AvgIpc) is 2.94. The molecular formula is C17H20O3S. The van der Waals surface area contributed by atoms with E-state index in [2.05, 4.69) is 13.8 Å². The number of carbonyl (C=O) groups excluding carboxylic acids is 1. The Morgan fingerprint density at radius 1 is 1.29 bits per heavy atom. The van der Waals surface area contributed by atoms with Gasteiger partial charge in [0.25, 0.3) is 0 Å². The van der Waals surface area contributed by atoms with E-state index in [1.165, 1.54) is 19.3 Å². The van der Waals surface area contributed by atoms with Crippen LogP contribution in [0.2, 0.25) is 0 Å². The fraction of sp³-hybridized carbons (Fsp3) is 0.588. The number of benzene rings is 1. The van der Waals surface area contributed by atoms with Crippen LogP contribution in [0.5, 0.6) is 0 Å². The molecule has 2 saturated carbocycles. The molecular weight excluding hydrogens is 284 g/mol. The fourth-order valence-corrected chi connectivity index (χ4v) is 8.99. The van der Waals surface area contributed by atoms with Gasteiger partial charge in [-0.1, -0.05) is 32.4 Å². The Morgan fingerprint density at radius 2 is 2.10 bits per heavy atom. The van der Waals surface area contributed by atoms with Gasteiger partial charge < -0.3 is 4.18 Å². The molecule has 4 aliphatic rings. The standard InChI is InChI=1S/C17H20O3S/c1-16(2)12-7-5-9-17(16)10-21(19-14(12)17)13-8-4-3-6-11(13)15(18)20-21/h3-4,6,8,12,14H,5,7,9-10H2,1-2H3. The number of fused-ring (bicyclic) bond motifs is 4. The highest BCUT2D eigenvalue weighted by atomic mass is 32.3. The molecule has 2 aliphatic heterocycles. The van der Waals surface area contributed by atoms with Crippen molar-refractivity contribution in [1.82, 2.24) is 0 Å². The van der Waals surface area contributed by atoms with Crippen LogP contribution in [0.15, 0.2) is 29.2 Å². The summed E-state index contributed by atoms with van der Waals surface area (Å²) in [4.78, 5) is 13.3. The van der Waals surface area contributed by atoms with Crippen LogP contribution in [0, 0.1) is 16.7 Å². The summed E-state index contributed by atoms with van der Waals surface area (Å²) < 4.78 is 12.4. The van der Waals surface area contributed by atoms with Crippen molar-refractivity contribution in [1.29, 1.82) is 0 Å². The molecule has 4 atom stereocenters. The van der Waals surface area contributed by atoms with Crippen molar-refractivity contribution >= 4 is 16.6 Å². The highest BCUT2D eigenvalue weighted by Gasteiger charge is 2.76. The summed E-state index contributed by atoms with van der Waals surface area (Å²) in [6.07, 6.45) is 4.06. The van der Waals surface area contributed by atoms with Crippen molar-refractivity contribution in [2.75, 3.05) is 5.75 Å². The van der Waals surface area contributed by atoms with Crippen LogP contribution in [-0.2, 0) is 8.37 Å². The minimum Gasteiger partial charge on any atom is -0.344 e. The van der Waals surface area contributed by atoms with Gasteiger partial charge >= 0.3 is 5.97 Å². The molecule has 0 N–H and O–H groups in total. The van der Waals surface area contributed by atoms with Gasteiger partial charge in [0, 0.05) is 5.41 Å². The van der Waals surface area contributed by atoms with Gasteiger partial charge in [-0.05, 0) is 36.3 Å². The lowest BCUT2D eigenvalue weighted by atomic mass is 9.39. The predicted molar refractivity (Wildman–Crippen MR) is 81.0 cm³/mol. The molecule has 0 radical (unpaired) electrons. The number of carbonyl (C=O) groups is 1. The zero-order valence-electron chi connectivity index (χ0n) is 12.4. The van der Waals surface area contributed by atoms with Crippen molar-refractivity contribution in [3.63, 3.8) is 0 Å². The topological polar surface area (TPSA) is 35.5 Å². The molecule has 2 aliphatic carbocycles. The Morgan fingerprint density at radius 3 is 2.86 bits per heavy atom. The highest BCUT2D eigenvalue weighted by Crippen LogP contribution is 2.83. The van der Waals surface area contributed by atoms with E-state index in [0.29, 0.717) is 17.4 Å². The molecule has 112 valence electrons. The van der Waals surface area contributed by atoms with Crippen LogP contribution >= 0.6 is 10.6 Å². The van der Waals surface area contributed by atoms with Gasteiger partial charge in [-0.2, -0.15) is 0 Å². The zero-order chi connectivity index (χ0) is 14.5. The van der Waals surface area contributed by atoms with Gasteiger partial charge in [-0.25, -0.2) is 4.79 Å². The highest BCUT2D eigenvalue weighted by molar-refractivity contribution is 8.26. The lowest BCUT2D eigenvalue weighted by Gasteiger charge is -2.66. The van der Waals surface area contributed by atoms with E-state index in [0.717, 1.165) is 16.2 Å². The molecule has 3 nitrogen and oxygen atoms in total. The summed E-state index contributed by atoms with van der Waals surface area (Å²) in [7, 11) is -1.85. The molecule has 4 unspecified atom stereocenters. The van der Waals surface area contributed by atoms with E-state index in [9.17, 15) is 4.79 Å². The smallest absolute Gasteiger partial charge is 0.344 e. The van der Waals surface area contributed by atoms with Gasteiger partial charge in [0.05, 0.1) is 22.3 Å². The van der Waals surface area contributed by atoms with Gasteiger partial charge in [0.2, 0.25) is 0 Å². The first kappa shape index (κ1) is 12.5. The Kier molecular flexibility index (Phi) is 2.08. The fourth-order valence-electron chi connectivity index (χ4n) is 5.35. The molecule has 4 heteroatoms. The monoisotopic (exact) mass is 304 g/mol. The molecule has 0 amide bonds. The van der Waals surface area contributed by atoms with Gasteiger partial charge in [0.15, 0.2) is 0 Å². The summed E-state index contributed by atoms with van der Waals surface area (Å²) in [6, 6.07) is 7.81. The molecule has 2 spiro atoms. The number of hydrogen-bond acceptors (Lipinski definition) is 3. The molecule has 1 saturated heterocycles. The summed E-state index contributed by atoms with van der Waals surface area (Å²) in [5.74, 6) is 1.35. The normalized spacial score (nSPS) is 48.0. The quantitative estimate of drug-likeness (QED) is 0.724. The van der Waals surface area contributed by atoms with E-state index in [1.54, 1.807) is 0 Å². The first-order valence-corrected chi connectivity index (χ1v) is 9.48. The second-order valence-electron chi connectivity index (χ2n) is 7.52. The van der Waals surface area contributed by atoms with E-state index < -0.39 is 10.6 Å². The third-order valence-corrected chi connectivity index (χ3v) is 9.48. The van der Waals surface area contributed by atoms with Crippen molar-refractivity contribution < 1.29 is 13.2 Å². The summed E-state index contributed by atoms with van der Waals surface area (Å²) >= 11 is 0. The maximum absolute atomic E-state index is 12.2. The Balaban J connectivity index is 1.64. The predicted octanol–water partition coefficient (Wildman–Crippen LogP) is 4.08. The minimum atomic E-state index is -1.85. The van der Waals surface area contributed by atoms with E-state index >= 15 is 0 Å². The van der Waals surface area contributed by atoms with E-state index in [4.69, 9.17) is 8.37 Å². The summed E-state index contributed by atoms with van der Waals surface area (Å²) in [5.41, 5.74) is 1.26. The molecule has 2 heterocycles. The minimum absolute atomic E-state index is 0.189. The van der Waals surface area contributed by atoms with Gasteiger partial charge in [-0.3, -0.25) is 4.18 Å². The van der Waals surface area contributed by atoms with Crippen molar-refractivity contribution in [3.05, 3.63) is 29.8 Å². The molecule has 1 aromatic rings. The zero-order valence-corrected chi connectivity index (χ0v) is 13.2. The first-order valence-electron chi connectivity index (χ1n) is 7.82. The van der Waals surface area contributed by atoms with E-state index in [-0.39, 0.29) is 11.4 Å². The third-order valence-electron chi connectivity index (χ3n) is 6.62. The van der Waals surface area contributed by atoms with Crippen molar-refractivity contribution in [2.45, 2.75) is 44.1 Å². The Labute approximate surface area is 126 Å². The lowest BCUT2D eigenvalue weighted by Crippen LogP contribution is -2.67. The van der Waals surface area contributed by atoms with Crippen LogP contribution in [0.4, 0.5) is 0 Å². The molecule has 0 aromatic heterocycles. The van der Waals surface area contributed by atoms with E-state index in [1.807, 2.05) is 24.3 Å². The Bertz CT molecular complexity index is 670. The van der Waals surface area contributed by atoms with Crippen LogP contribution in [-0.4, -0.2) is 17.8 Å². The average molecular weight is 304 g/mol. The lowest BCUT2D eigenvalue weighted by molar-refractivity contribution is -0.219. The largest absolute Gasteiger partial charge is 0.361 e. The second kappa shape index (κ2) is 3.49. The molecule has 1 aromatic carbocycles. The number of rotatable bonds is 0. The van der Waals surface area contributed by atoms with Crippen LogP contribution < -0.4 is 0 Å². The third kappa shape index (κ3) is 1.19. The summed E-state index contributed by atoms with van der Waals surface area (Å²) in [5, 5.41) is 0. The summed E-state index contributed by atoms with van der Waals surface area (Å²) in [6.45, 7) is 4.77. The maximum Gasteiger partial charge on any atom is 0.361 e. The maximum atomic E-state index is 12.2. The molecule has 5 rings (SSSR count). The van der Waals surface area contributed by atoms with Crippen LogP contribution in [0.1, 0.15) is 43.5 Å². The molecule has 3 fully saturated rings. The molecule has 21 heavy (non-hydrogen) atoms. The van der Waals surface area contributed by atoms with Crippen molar-refractivity contribution in [3.8, 4) is 0 Å². The Hall–Kier alpha value is -1.00. The SMILES string of the molecule is CC1(C)C2CCCC13CS1(OC(=O)c4ccccc41)OC23. The first-order chi connectivity index (χ1) is 10.0. The second-order valence-corrected chi connectivity index (χ2v) is 9.84. The van der Waals surface area contributed by atoms with Gasteiger partial charge in [0.1, 0.15) is 0 Å². The van der Waals surface area contributed by atoms with Crippen molar-refractivity contribution in [2.24, 2.45) is 16.7 Å². The van der Waals surface area contributed by atoms with Crippen LogP contribution in [0.25, 0.3) is 0 Å². The molecule has 2 bridgehead atoms. The van der Waals surface area contributed by atoms with Crippen LogP contribution in [0.3, 0.4) is 0 Å². The van der Waals surface area contributed by atoms with Gasteiger partial charge in [-0.15, -0.1) is 10.6 Å². The number of hydrogen-bond donors (Lipinski definition) is 0.